The summed E-state index contributed by atoms with van der Waals surface area (Å²) in [6.07, 6.45) is 2.13. The fourth-order valence-corrected chi connectivity index (χ4v) is 2.41. The third-order valence-electron chi connectivity index (χ3n) is 3.08. The number of nitroso groups, excluding NO2 is 2. The van der Waals surface area contributed by atoms with Crippen LogP contribution in [0.5, 0.6) is 0 Å². The van der Waals surface area contributed by atoms with Crippen molar-refractivity contribution in [1.82, 2.24) is 0 Å². The fourth-order valence-electron chi connectivity index (χ4n) is 2.07. The zero-order chi connectivity index (χ0) is 15.3. The molecule has 0 saturated heterocycles. The Morgan fingerprint density at radius 1 is 1.55 bits per heavy atom. The lowest BCUT2D eigenvalue weighted by Crippen LogP contribution is -2.27. The number of rotatable bonds is 5. The van der Waals surface area contributed by atoms with Crippen LogP contribution in [0, 0.1) is 15.7 Å². The van der Waals surface area contributed by atoms with Crippen molar-refractivity contribution in [3.05, 3.63) is 42.9 Å². The highest BCUT2D eigenvalue weighted by Gasteiger charge is 2.36. The molecule has 0 aliphatic carbocycles. The molecule has 0 saturated carbocycles. The maximum absolute atomic E-state index is 11.9. The average Bonchev–Trinajstić information content (AvgIpc) is 2.54. The molecule has 0 amide bonds. The molecule has 1 heterocycles. The average molecular weight is 390 g/mol. The second-order valence-corrected chi connectivity index (χ2v) is 6.08. The lowest BCUT2D eigenvalue weighted by atomic mass is 9.88. The van der Waals surface area contributed by atoms with Gasteiger partial charge in [-0.2, -0.15) is 4.91 Å². The van der Waals surface area contributed by atoms with Crippen molar-refractivity contribution < 1.29 is 9.53 Å². The molecule has 7 heteroatoms. The molecule has 1 aliphatic heterocycles. The van der Waals surface area contributed by atoms with Crippen LogP contribution in [0.3, 0.4) is 0 Å². The van der Waals surface area contributed by atoms with E-state index in [1.807, 2.05) is 6.92 Å². The van der Waals surface area contributed by atoms with Crippen LogP contribution in [0.1, 0.15) is 20.3 Å². The third-order valence-corrected chi connectivity index (χ3v) is 3.39. The smallest absolute Gasteiger partial charge is 0.311 e. The standard InChI is InChI=1S/C13H15IN2O4/c1-4-9-12(16-19)10(5-7(2)14)11(8(3)15-18)6-20-13(9)17/h5,9,12H,3-4,6H2,1-2H3/b7-5+/t9-,12?/m1/s1. The van der Waals surface area contributed by atoms with Crippen LogP contribution in [0.15, 0.2) is 43.4 Å². The van der Waals surface area contributed by atoms with Gasteiger partial charge in [0.15, 0.2) is 0 Å². The number of cyclic esters (lactones) is 1. The second kappa shape index (κ2) is 7.41. The molecule has 0 fully saturated rings. The molecule has 0 bridgehead atoms. The third kappa shape index (κ3) is 3.59. The fraction of sp³-hybridized carbons (Fsp3) is 0.462. The van der Waals surface area contributed by atoms with Crippen LogP contribution in [0.4, 0.5) is 0 Å². The number of nitrogens with zero attached hydrogens (tertiary/aromatic N) is 2. The van der Waals surface area contributed by atoms with E-state index in [0.29, 0.717) is 17.6 Å². The van der Waals surface area contributed by atoms with Gasteiger partial charge in [0.2, 0.25) is 0 Å². The summed E-state index contributed by atoms with van der Waals surface area (Å²) in [7, 11) is 0. The highest BCUT2D eigenvalue weighted by atomic mass is 127. The van der Waals surface area contributed by atoms with E-state index in [-0.39, 0.29) is 12.3 Å². The van der Waals surface area contributed by atoms with Gasteiger partial charge in [0.1, 0.15) is 18.3 Å². The van der Waals surface area contributed by atoms with Gasteiger partial charge in [0.25, 0.3) is 0 Å². The number of carbonyl (C=O) groups is 1. The number of esters is 1. The summed E-state index contributed by atoms with van der Waals surface area (Å²) in [6.45, 7) is 7.02. The highest BCUT2D eigenvalue weighted by Crippen LogP contribution is 2.32. The summed E-state index contributed by atoms with van der Waals surface area (Å²) in [4.78, 5) is 33.8. The van der Waals surface area contributed by atoms with Crippen molar-refractivity contribution in [2.24, 2.45) is 16.3 Å². The normalized spacial score (nSPS) is 23.9. The number of hydrogen-bond donors (Lipinski definition) is 0. The minimum absolute atomic E-state index is 0.0490. The Morgan fingerprint density at radius 2 is 2.20 bits per heavy atom. The Hall–Kier alpha value is -1.38. The predicted octanol–water partition coefficient (Wildman–Crippen LogP) is 3.62. The first-order valence-corrected chi connectivity index (χ1v) is 7.12. The predicted molar refractivity (Wildman–Crippen MR) is 84.1 cm³/mol. The molecule has 2 atom stereocenters. The first-order valence-electron chi connectivity index (χ1n) is 6.04. The van der Waals surface area contributed by atoms with Gasteiger partial charge in [-0.1, -0.05) is 18.7 Å². The van der Waals surface area contributed by atoms with Crippen LogP contribution < -0.4 is 0 Å². The summed E-state index contributed by atoms with van der Waals surface area (Å²) in [5, 5.41) is 5.86. The molecule has 0 radical (unpaired) electrons. The minimum Gasteiger partial charge on any atom is -0.460 e. The lowest BCUT2D eigenvalue weighted by molar-refractivity contribution is -0.147. The van der Waals surface area contributed by atoms with E-state index in [9.17, 15) is 14.6 Å². The first-order chi connectivity index (χ1) is 9.46. The van der Waals surface area contributed by atoms with Gasteiger partial charge in [-0.3, -0.25) is 4.79 Å². The summed E-state index contributed by atoms with van der Waals surface area (Å²) in [5.74, 6) is -1.16. The van der Waals surface area contributed by atoms with Crippen LogP contribution in [-0.2, 0) is 9.53 Å². The first kappa shape index (κ1) is 16.7. The summed E-state index contributed by atoms with van der Waals surface area (Å²) in [5.41, 5.74) is 0.784. The Kier molecular flexibility index (Phi) is 6.18. The Bertz CT molecular complexity index is 507. The van der Waals surface area contributed by atoms with Crippen molar-refractivity contribution in [2.75, 3.05) is 6.61 Å². The van der Waals surface area contributed by atoms with Crippen molar-refractivity contribution in [1.29, 1.82) is 0 Å². The van der Waals surface area contributed by atoms with E-state index in [4.69, 9.17) is 4.74 Å². The molecule has 20 heavy (non-hydrogen) atoms. The maximum Gasteiger partial charge on any atom is 0.311 e. The Balaban J connectivity index is 3.49. The minimum atomic E-state index is -0.895. The van der Waals surface area contributed by atoms with Crippen LogP contribution in [-0.4, -0.2) is 18.6 Å². The van der Waals surface area contributed by atoms with Crippen molar-refractivity contribution in [3.63, 3.8) is 0 Å². The molecule has 1 unspecified atom stereocenters. The molecule has 0 spiro atoms. The largest absolute Gasteiger partial charge is 0.460 e. The molecule has 0 aromatic rings. The van der Waals surface area contributed by atoms with Gasteiger partial charge < -0.3 is 4.74 Å². The van der Waals surface area contributed by atoms with E-state index in [2.05, 4.69) is 39.5 Å². The summed E-state index contributed by atoms with van der Waals surface area (Å²) >= 11 is 2.07. The van der Waals surface area contributed by atoms with Crippen LogP contribution in [0.2, 0.25) is 0 Å². The quantitative estimate of drug-likeness (QED) is 0.408. The highest BCUT2D eigenvalue weighted by molar-refractivity contribution is 14.1. The zero-order valence-corrected chi connectivity index (χ0v) is 13.4. The van der Waals surface area contributed by atoms with Crippen molar-refractivity contribution in [3.8, 4) is 0 Å². The van der Waals surface area contributed by atoms with Gasteiger partial charge in [-0.05, 0) is 56.3 Å². The maximum atomic E-state index is 11.9. The van der Waals surface area contributed by atoms with Gasteiger partial charge in [0, 0.05) is 5.57 Å². The van der Waals surface area contributed by atoms with E-state index < -0.39 is 17.9 Å². The number of halogens is 1. The van der Waals surface area contributed by atoms with E-state index >= 15 is 0 Å². The van der Waals surface area contributed by atoms with E-state index in [0.717, 1.165) is 3.58 Å². The molecule has 0 aromatic carbocycles. The zero-order valence-electron chi connectivity index (χ0n) is 11.3. The van der Waals surface area contributed by atoms with E-state index in [1.54, 1.807) is 13.0 Å². The molecule has 6 nitrogen and oxygen atoms in total. The number of allylic oxidation sites excluding steroid dienone is 1. The van der Waals surface area contributed by atoms with Crippen molar-refractivity contribution in [2.45, 2.75) is 26.3 Å². The topological polar surface area (TPSA) is 85.2 Å². The monoisotopic (exact) mass is 390 g/mol. The summed E-state index contributed by atoms with van der Waals surface area (Å²) in [6, 6.07) is -0.895. The van der Waals surface area contributed by atoms with Gasteiger partial charge in [0.05, 0.1) is 5.92 Å². The molecule has 108 valence electrons. The second-order valence-electron chi connectivity index (χ2n) is 4.38. The van der Waals surface area contributed by atoms with E-state index in [1.165, 1.54) is 0 Å². The lowest BCUT2D eigenvalue weighted by Gasteiger charge is -2.17. The SMILES string of the molecule is C=C(N=O)C1=C(/C=C(\C)I)C(N=O)[C@@H](CC)C(=O)OC1. The number of carbonyl (C=O) groups excluding carboxylic acids is 1. The molecule has 1 rings (SSSR count). The van der Waals surface area contributed by atoms with Crippen LogP contribution >= 0.6 is 22.6 Å². The van der Waals surface area contributed by atoms with Gasteiger partial charge in [-0.15, -0.1) is 4.91 Å². The molecular weight excluding hydrogens is 375 g/mol. The van der Waals surface area contributed by atoms with Gasteiger partial charge >= 0.3 is 5.97 Å². The van der Waals surface area contributed by atoms with Gasteiger partial charge in [-0.25, -0.2) is 0 Å². The Morgan fingerprint density at radius 3 is 2.65 bits per heavy atom. The number of hydrogen-bond acceptors (Lipinski definition) is 6. The van der Waals surface area contributed by atoms with Crippen molar-refractivity contribution >= 4 is 28.6 Å². The molecule has 1 aliphatic rings. The molecular formula is C13H15IN2O4. The van der Waals surface area contributed by atoms with Crippen LogP contribution in [0.25, 0.3) is 0 Å². The summed E-state index contributed by atoms with van der Waals surface area (Å²) < 4.78 is 5.98. The number of ether oxygens (including phenoxy) is 1. The molecule has 0 aromatic heterocycles. The molecule has 0 N–H and O–H groups in total. The Labute approximate surface area is 130 Å².